The highest BCUT2D eigenvalue weighted by Gasteiger charge is 2.55. The summed E-state index contributed by atoms with van der Waals surface area (Å²) in [5.74, 6) is -2.40. The molecule has 0 bridgehead atoms. The number of rotatable bonds is 8. The van der Waals surface area contributed by atoms with Gasteiger partial charge in [-0.1, -0.05) is 23.7 Å². The maximum Gasteiger partial charge on any atom is 0.426 e. The molecule has 0 radical (unpaired) electrons. The molecule has 13 heteroatoms. The van der Waals surface area contributed by atoms with Gasteiger partial charge in [-0.25, -0.2) is 8.42 Å². The van der Waals surface area contributed by atoms with Gasteiger partial charge in [0.15, 0.2) is 0 Å². The fourth-order valence-corrected chi connectivity index (χ4v) is 4.42. The van der Waals surface area contributed by atoms with E-state index in [4.69, 9.17) is 11.6 Å². The molecule has 2 aromatic rings. The summed E-state index contributed by atoms with van der Waals surface area (Å²) in [4.78, 5) is 25.6. The molecule has 2 rings (SSSR count). The number of nitrogens with zero attached hydrogens (tertiary/aromatic N) is 1. The van der Waals surface area contributed by atoms with Crippen molar-refractivity contribution in [1.29, 1.82) is 0 Å². The second-order valence-electron chi connectivity index (χ2n) is 7.72. The van der Waals surface area contributed by atoms with Crippen LogP contribution in [0.15, 0.2) is 52.3 Å². The SMILES string of the molecule is CN(C)CCNC(=O)c1ccccc1S(=O)(=O)c1ccc(NC(=O)[C@@](C)(O)C(F)(F)F)c(Cl)c1. The Kier molecular flexibility index (Phi) is 8.35. The number of amides is 2. The third-order valence-corrected chi connectivity index (χ3v) is 6.88. The van der Waals surface area contributed by atoms with Gasteiger partial charge in [-0.05, 0) is 51.4 Å². The molecule has 3 N–H and O–H groups in total. The molecule has 0 aromatic heterocycles. The van der Waals surface area contributed by atoms with Crippen LogP contribution in [-0.4, -0.2) is 69.2 Å². The largest absolute Gasteiger partial charge is 0.426 e. The third-order valence-electron chi connectivity index (χ3n) is 4.76. The van der Waals surface area contributed by atoms with Gasteiger partial charge in [0.2, 0.25) is 15.4 Å². The van der Waals surface area contributed by atoms with E-state index in [1.807, 2.05) is 24.3 Å². The predicted octanol–water partition coefficient (Wildman–Crippen LogP) is 2.72. The number of anilines is 1. The van der Waals surface area contributed by atoms with Crippen molar-refractivity contribution in [2.45, 2.75) is 28.5 Å². The van der Waals surface area contributed by atoms with Gasteiger partial charge in [0.05, 0.1) is 26.1 Å². The zero-order chi connectivity index (χ0) is 25.9. The minimum absolute atomic E-state index is 0.101. The number of carbonyl (C=O) groups is 2. The number of benzene rings is 2. The second-order valence-corrected chi connectivity index (χ2v) is 10.0. The van der Waals surface area contributed by atoms with Gasteiger partial charge in [0.1, 0.15) is 0 Å². The van der Waals surface area contributed by atoms with Gasteiger partial charge >= 0.3 is 6.18 Å². The number of sulfone groups is 1. The van der Waals surface area contributed by atoms with E-state index in [-0.39, 0.29) is 39.5 Å². The average Bonchev–Trinajstić information content (AvgIpc) is 2.73. The van der Waals surface area contributed by atoms with E-state index in [0.29, 0.717) is 6.54 Å². The average molecular weight is 522 g/mol. The molecule has 0 heterocycles. The van der Waals surface area contributed by atoms with Crippen molar-refractivity contribution in [2.75, 3.05) is 32.5 Å². The van der Waals surface area contributed by atoms with E-state index in [2.05, 4.69) is 5.32 Å². The van der Waals surface area contributed by atoms with Gasteiger partial charge in [-0.2, -0.15) is 13.2 Å². The summed E-state index contributed by atoms with van der Waals surface area (Å²) in [6.45, 7) is 1.09. The molecule has 8 nitrogen and oxygen atoms in total. The molecule has 0 saturated heterocycles. The zero-order valence-corrected chi connectivity index (χ0v) is 20.0. The van der Waals surface area contributed by atoms with Crippen LogP contribution in [0.2, 0.25) is 5.02 Å². The highest BCUT2D eigenvalue weighted by atomic mass is 35.5. The Morgan fingerprint density at radius 2 is 1.74 bits per heavy atom. The number of aliphatic hydroxyl groups is 1. The van der Waals surface area contributed by atoms with Crippen LogP contribution in [0, 0.1) is 0 Å². The van der Waals surface area contributed by atoms with Gasteiger partial charge in [-0.3, -0.25) is 9.59 Å². The third kappa shape index (κ3) is 6.06. The van der Waals surface area contributed by atoms with Crippen LogP contribution < -0.4 is 10.6 Å². The van der Waals surface area contributed by atoms with Crippen molar-refractivity contribution in [3.63, 3.8) is 0 Å². The van der Waals surface area contributed by atoms with Gasteiger partial charge < -0.3 is 20.6 Å². The van der Waals surface area contributed by atoms with Crippen LogP contribution in [0.5, 0.6) is 0 Å². The number of hydrogen-bond donors (Lipinski definition) is 3. The topological polar surface area (TPSA) is 116 Å². The van der Waals surface area contributed by atoms with Crippen LogP contribution in [-0.2, 0) is 14.6 Å². The maximum atomic E-state index is 13.2. The highest BCUT2D eigenvalue weighted by Crippen LogP contribution is 2.34. The standard InChI is InChI=1S/C21H23ClF3N3O5S/c1-20(31,21(23,24)25)19(30)27-16-9-8-13(12-15(16)22)34(32,33)17-7-5-4-6-14(17)18(29)26-10-11-28(2)3/h4-9,12,31H,10-11H2,1-3H3,(H,26,29)(H,27,30)/t20-/m1/s1. The van der Waals surface area contributed by atoms with E-state index in [0.717, 1.165) is 18.2 Å². The van der Waals surface area contributed by atoms with Crippen LogP contribution in [0.3, 0.4) is 0 Å². The molecule has 0 fully saturated rings. The molecule has 186 valence electrons. The number of likely N-dealkylation sites (N-methyl/N-ethyl adjacent to an activating group) is 1. The first kappa shape index (κ1) is 27.6. The molecule has 34 heavy (non-hydrogen) atoms. The molecular formula is C21H23ClF3N3O5S. The summed E-state index contributed by atoms with van der Waals surface area (Å²) >= 11 is 6.01. The van der Waals surface area contributed by atoms with Crippen molar-refractivity contribution >= 4 is 38.9 Å². The Bertz CT molecular complexity index is 1180. The molecule has 0 aliphatic heterocycles. The lowest BCUT2D eigenvalue weighted by molar-refractivity contribution is -0.242. The van der Waals surface area contributed by atoms with Crippen molar-refractivity contribution < 1.29 is 36.3 Å². The van der Waals surface area contributed by atoms with Gasteiger partial charge in [0.25, 0.3) is 11.8 Å². The first-order valence-electron chi connectivity index (χ1n) is 9.76. The van der Waals surface area contributed by atoms with E-state index in [1.165, 1.54) is 24.3 Å². The monoisotopic (exact) mass is 521 g/mol. The number of carbonyl (C=O) groups excluding carboxylic acids is 2. The van der Waals surface area contributed by atoms with E-state index >= 15 is 0 Å². The Hall–Kier alpha value is -2.67. The van der Waals surface area contributed by atoms with Crippen LogP contribution in [0.4, 0.5) is 18.9 Å². The Balaban J connectivity index is 2.35. The lowest BCUT2D eigenvalue weighted by Crippen LogP contribution is -2.52. The molecule has 0 saturated carbocycles. The predicted molar refractivity (Wildman–Crippen MR) is 120 cm³/mol. The molecule has 0 aliphatic rings. The zero-order valence-electron chi connectivity index (χ0n) is 18.4. The fourth-order valence-electron chi connectivity index (χ4n) is 2.64. The first-order valence-corrected chi connectivity index (χ1v) is 11.6. The van der Waals surface area contributed by atoms with Crippen LogP contribution in [0.25, 0.3) is 0 Å². The van der Waals surface area contributed by atoms with Gasteiger partial charge in [-0.15, -0.1) is 0 Å². The summed E-state index contributed by atoms with van der Waals surface area (Å²) in [5.41, 5.74) is -4.14. The van der Waals surface area contributed by atoms with Crippen LogP contribution >= 0.6 is 11.6 Å². The molecule has 0 unspecified atom stereocenters. The Labute approximate surface area is 199 Å². The van der Waals surface area contributed by atoms with Crippen LogP contribution in [0.1, 0.15) is 17.3 Å². The first-order chi connectivity index (χ1) is 15.6. The summed E-state index contributed by atoms with van der Waals surface area (Å²) in [7, 11) is -0.653. The number of alkyl halides is 3. The maximum absolute atomic E-state index is 13.2. The fraction of sp³-hybridized carbons (Fsp3) is 0.333. The van der Waals surface area contributed by atoms with E-state index < -0.39 is 33.4 Å². The number of nitrogens with one attached hydrogen (secondary N) is 2. The number of hydrogen-bond acceptors (Lipinski definition) is 6. The normalized spacial score (nSPS) is 13.9. The Morgan fingerprint density at radius 1 is 1.12 bits per heavy atom. The van der Waals surface area contributed by atoms with Crippen molar-refractivity contribution in [3.8, 4) is 0 Å². The molecule has 0 aliphatic carbocycles. The molecular weight excluding hydrogens is 499 g/mol. The lowest BCUT2D eigenvalue weighted by Gasteiger charge is -2.25. The lowest BCUT2D eigenvalue weighted by atomic mass is 10.1. The highest BCUT2D eigenvalue weighted by molar-refractivity contribution is 7.91. The van der Waals surface area contributed by atoms with Crippen molar-refractivity contribution in [1.82, 2.24) is 10.2 Å². The Morgan fingerprint density at radius 3 is 2.29 bits per heavy atom. The molecule has 0 spiro atoms. The van der Waals surface area contributed by atoms with Crippen molar-refractivity contribution in [3.05, 3.63) is 53.1 Å². The summed E-state index contributed by atoms with van der Waals surface area (Å²) in [5, 5.41) is 13.5. The number of halogens is 4. The second kappa shape index (κ2) is 10.3. The summed E-state index contributed by atoms with van der Waals surface area (Å²) in [6.07, 6.45) is -5.25. The minimum atomic E-state index is -5.25. The molecule has 2 amide bonds. The quantitative estimate of drug-likeness (QED) is 0.492. The van der Waals surface area contributed by atoms with Crippen molar-refractivity contribution in [2.24, 2.45) is 0 Å². The van der Waals surface area contributed by atoms with Gasteiger partial charge in [0, 0.05) is 13.1 Å². The minimum Gasteiger partial charge on any atom is -0.373 e. The van der Waals surface area contributed by atoms with E-state index in [9.17, 15) is 36.3 Å². The smallest absolute Gasteiger partial charge is 0.373 e. The summed E-state index contributed by atoms with van der Waals surface area (Å²) < 4.78 is 65.0. The van der Waals surface area contributed by atoms with E-state index in [1.54, 1.807) is 0 Å². The summed E-state index contributed by atoms with van der Waals surface area (Å²) in [6, 6.07) is 8.43. The molecule has 1 atom stereocenters. The molecule has 2 aromatic carbocycles.